The van der Waals surface area contributed by atoms with Crippen molar-refractivity contribution in [3.05, 3.63) is 6.33 Å². The van der Waals surface area contributed by atoms with Gasteiger partial charge in [-0.2, -0.15) is 0 Å². The lowest BCUT2D eigenvalue weighted by atomic mass is 10.2. The molecular formula is C9H16N4O3S2. The molecule has 0 atom stereocenters. The van der Waals surface area contributed by atoms with Crippen LogP contribution in [-0.4, -0.2) is 39.7 Å². The van der Waals surface area contributed by atoms with Gasteiger partial charge in [0.15, 0.2) is 10.8 Å². The van der Waals surface area contributed by atoms with E-state index in [4.69, 9.17) is 5.73 Å². The average molecular weight is 292 g/mol. The Morgan fingerprint density at radius 1 is 1.50 bits per heavy atom. The van der Waals surface area contributed by atoms with Crippen molar-refractivity contribution in [2.75, 3.05) is 17.2 Å². The minimum Gasteiger partial charge on any atom is -0.381 e. The minimum absolute atomic E-state index is 0.00983. The Bertz CT molecular complexity index is 537. The van der Waals surface area contributed by atoms with Gasteiger partial charge < -0.3 is 10.3 Å². The van der Waals surface area contributed by atoms with Crippen molar-refractivity contribution in [2.24, 2.45) is 7.05 Å². The van der Waals surface area contributed by atoms with Crippen LogP contribution in [0.25, 0.3) is 0 Å². The number of hydrogen-bond acceptors (Lipinski definition) is 5. The minimum atomic E-state index is -3.67. The SMILES string of the molecule is Cn1cnc(N)c1S(=O)(=O)NC1CCS(=O)CC1. The first kappa shape index (κ1) is 13.5. The van der Waals surface area contributed by atoms with Crippen molar-refractivity contribution >= 4 is 26.6 Å². The van der Waals surface area contributed by atoms with Crippen molar-refractivity contribution in [1.29, 1.82) is 0 Å². The largest absolute Gasteiger partial charge is 0.381 e. The summed E-state index contributed by atoms with van der Waals surface area (Å²) in [6.45, 7) is 0. The van der Waals surface area contributed by atoms with E-state index in [9.17, 15) is 12.6 Å². The molecule has 2 rings (SSSR count). The lowest BCUT2D eigenvalue weighted by molar-refractivity contribution is 0.517. The molecule has 2 heterocycles. The van der Waals surface area contributed by atoms with Crippen molar-refractivity contribution in [3.63, 3.8) is 0 Å². The summed E-state index contributed by atoms with van der Waals surface area (Å²) < 4.78 is 39.5. The highest BCUT2D eigenvalue weighted by atomic mass is 32.2. The molecule has 1 fully saturated rings. The quantitative estimate of drug-likeness (QED) is 0.758. The van der Waals surface area contributed by atoms with E-state index in [2.05, 4.69) is 9.71 Å². The molecule has 0 aliphatic carbocycles. The number of aromatic nitrogens is 2. The summed E-state index contributed by atoms with van der Waals surface area (Å²) in [7, 11) is -2.90. The van der Waals surface area contributed by atoms with E-state index in [1.165, 1.54) is 10.9 Å². The fraction of sp³-hybridized carbons (Fsp3) is 0.667. The molecule has 0 unspecified atom stereocenters. The first-order valence-corrected chi connectivity index (χ1v) is 8.51. The van der Waals surface area contributed by atoms with E-state index in [0.29, 0.717) is 24.3 Å². The molecular weight excluding hydrogens is 276 g/mol. The van der Waals surface area contributed by atoms with E-state index in [1.807, 2.05) is 0 Å². The van der Waals surface area contributed by atoms with Crippen LogP contribution in [0, 0.1) is 0 Å². The molecule has 0 saturated carbocycles. The van der Waals surface area contributed by atoms with Crippen molar-refractivity contribution in [3.8, 4) is 0 Å². The van der Waals surface area contributed by atoms with Gasteiger partial charge in [-0.3, -0.25) is 4.21 Å². The highest BCUT2D eigenvalue weighted by Crippen LogP contribution is 2.18. The second-order valence-electron chi connectivity index (χ2n) is 4.29. The first-order valence-electron chi connectivity index (χ1n) is 5.54. The van der Waals surface area contributed by atoms with Crippen molar-refractivity contribution in [2.45, 2.75) is 23.9 Å². The maximum absolute atomic E-state index is 12.2. The van der Waals surface area contributed by atoms with E-state index < -0.39 is 20.8 Å². The summed E-state index contributed by atoms with van der Waals surface area (Å²) in [5.41, 5.74) is 5.55. The first-order chi connectivity index (χ1) is 8.40. The van der Waals surface area contributed by atoms with Gasteiger partial charge in [0.05, 0.1) is 6.33 Å². The molecule has 18 heavy (non-hydrogen) atoms. The number of nitrogen functional groups attached to an aromatic ring is 1. The summed E-state index contributed by atoms with van der Waals surface area (Å²) in [6, 6.07) is -0.179. The van der Waals surface area contributed by atoms with Gasteiger partial charge in [0.2, 0.25) is 0 Å². The molecule has 0 spiro atoms. The lowest BCUT2D eigenvalue weighted by Gasteiger charge is -2.22. The highest BCUT2D eigenvalue weighted by Gasteiger charge is 2.27. The van der Waals surface area contributed by atoms with Crippen LogP contribution in [0.5, 0.6) is 0 Å². The van der Waals surface area contributed by atoms with Crippen LogP contribution >= 0.6 is 0 Å². The predicted molar refractivity (Wildman–Crippen MR) is 68.8 cm³/mol. The number of rotatable bonds is 3. The number of aryl methyl sites for hydroxylation is 1. The van der Waals surface area contributed by atoms with Crippen LogP contribution in [0.2, 0.25) is 0 Å². The standard InChI is InChI=1S/C9H16N4O3S2/c1-13-6-11-8(10)9(13)18(15,16)12-7-2-4-17(14)5-3-7/h6-7,12H,2-5,10H2,1H3. The monoisotopic (exact) mass is 292 g/mol. The zero-order valence-electron chi connectivity index (χ0n) is 10.00. The molecule has 1 aromatic heterocycles. The van der Waals surface area contributed by atoms with Gasteiger partial charge in [-0.15, -0.1) is 0 Å². The van der Waals surface area contributed by atoms with Crippen LogP contribution in [0.15, 0.2) is 11.4 Å². The van der Waals surface area contributed by atoms with Gasteiger partial charge in [0.25, 0.3) is 10.0 Å². The Morgan fingerprint density at radius 3 is 2.61 bits per heavy atom. The maximum Gasteiger partial charge on any atom is 0.260 e. The Hall–Kier alpha value is -0.930. The van der Waals surface area contributed by atoms with Crippen LogP contribution in [0.3, 0.4) is 0 Å². The summed E-state index contributed by atoms with van der Waals surface area (Å²) in [5.74, 6) is 1.06. The van der Waals surface area contributed by atoms with E-state index >= 15 is 0 Å². The van der Waals surface area contributed by atoms with E-state index in [0.717, 1.165) is 0 Å². The number of nitrogens with zero attached hydrogens (tertiary/aromatic N) is 2. The molecule has 0 bridgehead atoms. The normalized spacial score (nSPS) is 25.2. The zero-order valence-corrected chi connectivity index (χ0v) is 11.6. The molecule has 1 aromatic rings. The second kappa shape index (κ2) is 4.98. The molecule has 9 heteroatoms. The third kappa shape index (κ3) is 2.73. The third-order valence-corrected chi connectivity index (χ3v) is 5.91. The van der Waals surface area contributed by atoms with Gasteiger partial charge >= 0.3 is 0 Å². The van der Waals surface area contributed by atoms with Gasteiger partial charge in [-0.25, -0.2) is 18.1 Å². The Balaban J connectivity index is 2.15. The topological polar surface area (TPSA) is 107 Å². The second-order valence-corrected chi connectivity index (χ2v) is 7.61. The summed E-state index contributed by atoms with van der Waals surface area (Å²) in [4.78, 5) is 3.76. The van der Waals surface area contributed by atoms with Crippen LogP contribution in [0.4, 0.5) is 5.82 Å². The van der Waals surface area contributed by atoms with E-state index in [-0.39, 0.29) is 16.9 Å². The number of anilines is 1. The van der Waals surface area contributed by atoms with Crippen molar-refractivity contribution in [1.82, 2.24) is 14.3 Å². The fourth-order valence-corrected chi connectivity index (χ4v) is 4.79. The Kier molecular flexibility index (Phi) is 3.74. The molecule has 1 saturated heterocycles. The van der Waals surface area contributed by atoms with Crippen LogP contribution in [-0.2, 0) is 27.9 Å². The molecule has 1 aliphatic heterocycles. The summed E-state index contributed by atoms with van der Waals surface area (Å²) in [6.07, 6.45) is 2.53. The number of hydrogen-bond donors (Lipinski definition) is 2. The molecule has 7 nitrogen and oxygen atoms in total. The molecule has 3 N–H and O–H groups in total. The average Bonchev–Trinajstić information content (AvgIpc) is 2.62. The molecule has 0 amide bonds. The Labute approximate surface area is 108 Å². The predicted octanol–water partition coefficient (Wildman–Crippen LogP) is -0.808. The molecule has 0 radical (unpaired) electrons. The Morgan fingerprint density at radius 2 is 2.11 bits per heavy atom. The van der Waals surface area contributed by atoms with Crippen LogP contribution in [0.1, 0.15) is 12.8 Å². The molecule has 1 aliphatic rings. The van der Waals surface area contributed by atoms with E-state index in [1.54, 1.807) is 7.05 Å². The third-order valence-electron chi connectivity index (χ3n) is 2.87. The summed E-state index contributed by atoms with van der Waals surface area (Å²) in [5, 5.41) is -0.0193. The highest BCUT2D eigenvalue weighted by molar-refractivity contribution is 7.89. The number of imidazole rings is 1. The number of sulfonamides is 1. The van der Waals surface area contributed by atoms with Gasteiger partial charge in [-0.1, -0.05) is 0 Å². The van der Waals surface area contributed by atoms with Gasteiger partial charge in [0, 0.05) is 35.4 Å². The van der Waals surface area contributed by atoms with Crippen molar-refractivity contribution < 1.29 is 12.6 Å². The zero-order chi connectivity index (χ0) is 13.3. The maximum atomic E-state index is 12.2. The smallest absolute Gasteiger partial charge is 0.260 e. The molecule has 102 valence electrons. The van der Waals surface area contributed by atoms with Crippen LogP contribution < -0.4 is 10.5 Å². The fourth-order valence-electron chi connectivity index (χ4n) is 1.95. The van der Waals surface area contributed by atoms with Gasteiger partial charge in [-0.05, 0) is 12.8 Å². The van der Waals surface area contributed by atoms with Gasteiger partial charge in [0.1, 0.15) is 0 Å². The summed E-state index contributed by atoms with van der Waals surface area (Å²) >= 11 is 0. The molecule has 0 aromatic carbocycles. The number of nitrogens with one attached hydrogen (secondary N) is 1. The lowest BCUT2D eigenvalue weighted by Crippen LogP contribution is -2.40. The number of nitrogens with two attached hydrogens (primary N) is 1.